The Hall–Kier alpha value is -5.06. The van der Waals surface area contributed by atoms with Crippen LogP contribution in [0.15, 0.2) is 83.9 Å². The number of rotatable bonds is 10. The predicted molar refractivity (Wildman–Crippen MR) is 186 cm³/mol. The Morgan fingerprint density at radius 2 is 1.73 bits per heavy atom. The number of nitro benzene ring substituents is 1. The normalized spacial score (nSPS) is 14.6. The molecule has 1 atom stereocenters. The zero-order valence-corrected chi connectivity index (χ0v) is 28.6. The van der Waals surface area contributed by atoms with Crippen molar-refractivity contribution in [1.29, 1.82) is 0 Å². The van der Waals surface area contributed by atoms with Gasteiger partial charge in [-0.05, 0) is 69.4 Å². The lowest BCUT2D eigenvalue weighted by Crippen LogP contribution is -2.40. The SMILES string of the molecule is CC(C)(C)NS(=O)(=O)c1cc(NC(=O)Oc2ccc([N+](=O)[O-])cc2)ccc1-c1cnc(N2CCC(C(NC(=O)O)c3ccccc3)CC2)s1. The van der Waals surface area contributed by atoms with Crippen LogP contribution in [0.2, 0.25) is 0 Å². The van der Waals surface area contributed by atoms with Crippen LogP contribution in [0.5, 0.6) is 5.75 Å². The van der Waals surface area contributed by atoms with Crippen molar-refractivity contribution >= 4 is 50.1 Å². The van der Waals surface area contributed by atoms with Crippen molar-refractivity contribution in [2.45, 2.75) is 50.1 Å². The fraction of sp³-hybridized carbons (Fsp3) is 0.303. The van der Waals surface area contributed by atoms with Gasteiger partial charge in [-0.25, -0.2) is 27.7 Å². The van der Waals surface area contributed by atoms with E-state index in [1.165, 1.54) is 41.7 Å². The van der Waals surface area contributed by atoms with Crippen molar-refractivity contribution < 1.29 is 32.8 Å². The van der Waals surface area contributed by atoms with E-state index >= 15 is 0 Å². The van der Waals surface area contributed by atoms with E-state index < -0.39 is 32.7 Å². The Morgan fingerprint density at radius 1 is 1.06 bits per heavy atom. The van der Waals surface area contributed by atoms with E-state index in [1.807, 2.05) is 30.3 Å². The number of ether oxygens (including phenoxy) is 1. The van der Waals surface area contributed by atoms with Gasteiger partial charge in [0.25, 0.3) is 5.69 Å². The van der Waals surface area contributed by atoms with Gasteiger partial charge in [-0.1, -0.05) is 47.7 Å². The summed E-state index contributed by atoms with van der Waals surface area (Å²) in [4.78, 5) is 41.8. The molecule has 4 N–H and O–H groups in total. The van der Waals surface area contributed by atoms with Crippen LogP contribution >= 0.6 is 11.3 Å². The second kappa shape index (κ2) is 14.6. The number of nitrogens with one attached hydrogen (secondary N) is 3. The maximum absolute atomic E-state index is 13.7. The molecule has 258 valence electrons. The molecule has 1 aliphatic heterocycles. The summed E-state index contributed by atoms with van der Waals surface area (Å²) < 4.78 is 35.2. The summed E-state index contributed by atoms with van der Waals surface area (Å²) >= 11 is 1.33. The van der Waals surface area contributed by atoms with Crippen molar-refractivity contribution in [3.63, 3.8) is 0 Å². The molecule has 1 aliphatic rings. The third kappa shape index (κ3) is 9.10. The maximum atomic E-state index is 13.7. The van der Waals surface area contributed by atoms with Gasteiger partial charge in [-0.2, -0.15) is 0 Å². The van der Waals surface area contributed by atoms with Crippen LogP contribution in [-0.2, 0) is 10.0 Å². The number of nitro groups is 1. The van der Waals surface area contributed by atoms with Crippen LogP contribution in [-0.4, -0.2) is 54.2 Å². The highest BCUT2D eigenvalue weighted by Crippen LogP contribution is 2.39. The van der Waals surface area contributed by atoms with Gasteiger partial charge in [0.05, 0.1) is 20.7 Å². The number of non-ortho nitro benzene ring substituents is 1. The molecule has 0 radical (unpaired) electrons. The molecule has 1 fully saturated rings. The van der Waals surface area contributed by atoms with Crippen molar-refractivity contribution in [3.05, 3.63) is 94.7 Å². The number of carboxylic acid groups (broad SMARTS) is 1. The number of piperidine rings is 1. The van der Waals surface area contributed by atoms with Crippen LogP contribution in [0.1, 0.15) is 45.2 Å². The fourth-order valence-electron chi connectivity index (χ4n) is 5.60. The van der Waals surface area contributed by atoms with Gasteiger partial charge >= 0.3 is 12.2 Å². The minimum atomic E-state index is -4.09. The number of sulfonamides is 1. The summed E-state index contributed by atoms with van der Waals surface area (Å²) in [5.74, 6) is 0.151. The molecule has 14 nitrogen and oxygen atoms in total. The smallest absolute Gasteiger partial charge is 0.417 e. The lowest BCUT2D eigenvalue weighted by Gasteiger charge is -2.36. The first-order chi connectivity index (χ1) is 23.2. The number of hydrogen-bond acceptors (Lipinski definition) is 10. The summed E-state index contributed by atoms with van der Waals surface area (Å²) in [6.07, 6.45) is 1.08. The monoisotopic (exact) mass is 708 g/mol. The van der Waals surface area contributed by atoms with Gasteiger partial charge in [0, 0.05) is 48.2 Å². The minimum Gasteiger partial charge on any atom is -0.465 e. The maximum Gasteiger partial charge on any atom is 0.417 e. The van der Waals surface area contributed by atoms with E-state index in [9.17, 15) is 33.2 Å². The van der Waals surface area contributed by atoms with Crippen LogP contribution < -0.4 is 25.0 Å². The number of nitrogens with zero attached hydrogens (tertiary/aromatic N) is 3. The summed E-state index contributed by atoms with van der Waals surface area (Å²) in [6.45, 7) is 6.43. The molecule has 2 heterocycles. The van der Waals surface area contributed by atoms with Crippen molar-refractivity contribution in [2.24, 2.45) is 5.92 Å². The summed E-state index contributed by atoms with van der Waals surface area (Å²) in [5, 5.41) is 26.3. The number of thiazole rings is 1. The molecule has 0 spiro atoms. The lowest BCUT2D eigenvalue weighted by atomic mass is 9.85. The van der Waals surface area contributed by atoms with Crippen LogP contribution in [0.3, 0.4) is 0 Å². The quantitative estimate of drug-likeness (QED) is 0.103. The van der Waals surface area contributed by atoms with E-state index in [4.69, 9.17) is 4.74 Å². The van der Waals surface area contributed by atoms with Crippen molar-refractivity contribution in [2.75, 3.05) is 23.3 Å². The Balaban J connectivity index is 1.35. The molecule has 1 unspecified atom stereocenters. The molecular weight excluding hydrogens is 673 g/mol. The number of benzene rings is 3. The number of carbonyl (C=O) groups is 2. The molecule has 1 saturated heterocycles. The van der Waals surface area contributed by atoms with E-state index in [0.29, 0.717) is 28.7 Å². The molecule has 0 aliphatic carbocycles. The summed E-state index contributed by atoms with van der Waals surface area (Å²) in [6, 6.07) is 18.6. The summed E-state index contributed by atoms with van der Waals surface area (Å²) in [5.41, 5.74) is 0.490. The van der Waals surface area contributed by atoms with Crippen LogP contribution in [0.25, 0.3) is 10.4 Å². The van der Waals surface area contributed by atoms with Crippen LogP contribution in [0, 0.1) is 16.0 Å². The second-order valence-corrected chi connectivity index (χ2v) is 15.2. The predicted octanol–water partition coefficient (Wildman–Crippen LogP) is 6.63. The molecule has 0 saturated carbocycles. The van der Waals surface area contributed by atoms with Gasteiger partial charge in [-0.15, -0.1) is 0 Å². The topological polar surface area (TPSA) is 193 Å². The average molecular weight is 709 g/mol. The molecule has 16 heteroatoms. The first-order valence-electron chi connectivity index (χ1n) is 15.4. The number of amides is 2. The Labute approximate surface area is 287 Å². The second-order valence-electron chi connectivity index (χ2n) is 12.5. The minimum absolute atomic E-state index is 0.0666. The third-order valence-corrected chi connectivity index (χ3v) is 10.6. The highest BCUT2D eigenvalue weighted by atomic mass is 32.2. The fourth-order valence-corrected chi connectivity index (χ4v) is 8.33. The standard InChI is InChI=1S/C33H36N6O8S2/c1-33(2,3)37-49(45,46)28-19-23(35-32(42)47-25-12-10-24(11-13-25)39(43)44)9-14-26(28)27-20-34-30(48-27)38-17-15-22(16-18-38)29(36-31(40)41)21-7-5-4-6-8-21/h4-14,19-20,22,29,36-37H,15-18H2,1-3H3,(H,35,42)(H,40,41). The number of aromatic nitrogens is 1. The average Bonchev–Trinajstić information content (AvgIpc) is 3.53. The molecule has 3 aromatic carbocycles. The number of hydrogen-bond donors (Lipinski definition) is 4. The highest BCUT2D eigenvalue weighted by Gasteiger charge is 2.31. The van der Waals surface area contributed by atoms with Gasteiger partial charge < -0.3 is 20.1 Å². The van der Waals surface area contributed by atoms with Gasteiger partial charge in [0.1, 0.15) is 5.75 Å². The Morgan fingerprint density at radius 3 is 2.35 bits per heavy atom. The molecule has 2 amide bonds. The number of carbonyl (C=O) groups excluding carboxylic acids is 1. The van der Waals surface area contributed by atoms with Gasteiger partial charge in [0.2, 0.25) is 10.0 Å². The molecule has 5 rings (SSSR count). The number of anilines is 2. The summed E-state index contributed by atoms with van der Waals surface area (Å²) in [7, 11) is -4.09. The highest BCUT2D eigenvalue weighted by molar-refractivity contribution is 7.89. The van der Waals surface area contributed by atoms with E-state index in [-0.39, 0.29) is 34.0 Å². The van der Waals surface area contributed by atoms with Crippen molar-refractivity contribution in [3.8, 4) is 16.2 Å². The zero-order chi connectivity index (χ0) is 35.3. The molecule has 49 heavy (non-hydrogen) atoms. The first kappa shape index (κ1) is 35.3. The van der Waals surface area contributed by atoms with E-state index in [2.05, 4.69) is 25.2 Å². The van der Waals surface area contributed by atoms with E-state index in [1.54, 1.807) is 39.1 Å². The van der Waals surface area contributed by atoms with Gasteiger partial charge in [0.15, 0.2) is 5.13 Å². The Kier molecular flexibility index (Phi) is 10.5. The van der Waals surface area contributed by atoms with E-state index in [0.717, 1.165) is 18.4 Å². The van der Waals surface area contributed by atoms with Crippen molar-refractivity contribution in [1.82, 2.24) is 15.0 Å². The molecule has 1 aromatic heterocycles. The Bertz CT molecular complexity index is 1920. The third-order valence-electron chi connectivity index (χ3n) is 7.69. The zero-order valence-electron chi connectivity index (χ0n) is 27.0. The largest absolute Gasteiger partial charge is 0.465 e. The molecule has 0 bridgehead atoms. The molecule has 4 aromatic rings. The van der Waals surface area contributed by atoms with Gasteiger partial charge in [-0.3, -0.25) is 15.4 Å². The first-order valence-corrected chi connectivity index (χ1v) is 17.7. The molecular formula is C33H36N6O8S2. The lowest BCUT2D eigenvalue weighted by molar-refractivity contribution is -0.384. The van der Waals surface area contributed by atoms with Crippen LogP contribution in [0.4, 0.5) is 26.1 Å².